The lowest BCUT2D eigenvalue weighted by Crippen LogP contribution is -2.34. The number of fused-ring (bicyclic) bond motifs is 3. The van der Waals surface area contributed by atoms with Crippen LogP contribution in [0.3, 0.4) is 0 Å². The first-order valence-electron chi connectivity index (χ1n) is 9.19. The van der Waals surface area contributed by atoms with E-state index in [1.165, 1.54) is 14.0 Å². The first-order chi connectivity index (χ1) is 13.6. The zero-order valence-electron chi connectivity index (χ0n) is 15.7. The Bertz CT molecular complexity index is 1030. The maximum atomic E-state index is 12.5. The minimum atomic E-state index is -0.965. The number of rotatable bonds is 5. The van der Waals surface area contributed by atoms with E-state index >= 15 is 0 Å². The number of carbonyl (C=O) groups excluding carboxylic acids is 2. The molecule has 4 rings (SSSR count). The molecule has 1 aliphatic rings. The van der Waals surface area contributed by atoms with Crippen molar-refractivity contribution in [2.24, 2.45) is 0 Å². The fraction of sp³-hybridized carbons (Fsp3) is 0.333. The molecule has 2 atom stereocenters. The van der Waals surface area contributed by atoms with Crippen LogP contribution in [-0.4, -0.2) is 37.8 Å². The second kappa shape index (κ2) is 7.52. The van der Waals surface area contributed by atoms with Crippen LogP contribution < -0.4 is 10.1 Å². The summed E-state index contributed by atoms with van der Waals surface area (Å²) in [6.45, 7) is 2.06. The maximum Gasteiger partial charge on any atom is 0.336 e. The maximum absolute atomic E-state index is 12.5. The Balaban J connectivity index is 1.55. The van der Waals surface area contributed by atoms with Gasteiger partial charge in [-0.15, -0.1) is 0 Å². The summed E-state index contributed by atoms with van der Waals surface area (Å²) < 4.78 is 21.8. The third kappa shape index (κ3) is 3.41. The summed E-state index contributed by atoms with van der Waals surface area (Å²) in [4.78, 5) is 24.6. The van der Waals surface area contributed by atoms with Crippen molar-refractivity contribution >= 4 is 39.5 Å². The quantitative estimate of drug-likeness (QED) is 0.677. The molecule has 0 saturated carbocycles. The fourth-order valence-electron chi connectivity index (χ4n) is 3.32. The topological polar surface area (TPSA) is 87.0 Å². The van der Waals surface area contributed by atoms with Gasteiger partial charge in [-0.2, -0.15) is 0 Å². The normalized spacial score (nSPS) is 17.6. The van der Waals surface area contributed by atoms with Gasteiger partial charge >= 0.3 is 5.97 Å². The number of anilines is 1. The average Bonchev–Trinajstić information content (AvgIpc) is 3.35. The van der Waals surface area contributed by atoms with E-state index in [0.717, 1.165) is 22.8 Å². The number of methoxy groups -OCH3 is 1. The average molecular weight is 383 g/mol. The van der Waals surface area contributed by atoms with Gasteiger partial charge in [0.1, 0.15) is 16.9 Å². The van der Waals surface area contributed by atoms with Gasteiger partial charge in [-0.1, -0.05) is 18.2 Å². The van der Waals surface area contributed by atoms with Gasteiger partial charge < -0.3 is 23.9 Å². The molecule has 3 aromatic rings. The van der Waals surface area contributed by atoms with Crippen molar-refractivity contribution in [1.29, 1.82) is 0 Å². The Morgan fingerprint density at radius 3 is 2.75 bits per heavy atom. The van der Waals surface area contributed by atoms with E-state index in [9.17, 15) is 9.59 Å². The Kier molecular flexibility index (Phi) is 4.92. The molecule has 0 aliphatic carbocycles. The number of hydrogen-bond acceptors (Lipinski definition) is 6. The van der Waals surface area contributed by atoms with Crippen LogP contribution in [0.5, 0.6) is 5.75 Å². The molecule has 146 valence electrons. The second-order valence-corrected chi connectivity index (χ2v) is 6.72. The van der Waals surface area contributed by atoms with Crippen molar-refractivity contribution in [2.75, 3.05) is 19.0 Å². The lowest BCUT2D eigenvalue weighted by atomic mass is 10.1. The molecule has 1 N–H and O–H groups in total. The molecule has 1 aromatic heterocycles. The predicted octanol–water partition coefficient (Wildman–Crippen LogP) is 3.64. The summed E-state index contributed by atoms with van der Waals surface area (Å²) in [6, 6.07) is 11.2. The molecule has 0 radical (unpaired) electrons. The predicted molar refractivity (Wildman–Crippen MR) is 103 cm³/mol. The number of benzene rings is 2. The zero-order valence-corrected chi connectivity index (χ0v) is 15.7. The first kappa shape index (κ1) is 18.3. The molecule has 1 amide bonds. The van der Waals surface area contributed by atoms with Crippen LogP contribution in [0.25, 0.3) is 21.9 Å². The van der Waals surface area contributed by atoms with Gasteiger partial charge in [0.15, 0.2) is 12.2 Å². The largest absolute Gasteiger partial charge is 0.495 e. The Morgan fingerprint density at radius 1 is 1.18 bits per heavy atom. The van der Waals surface area contributed by atoms with Gasteiger partial charge in [0.25, 0.3) is 5.91 Å². The molecule has 0 bridgehead atoms. The first-order valence-corrected chi connectivity index (χ1v) is 9.19. The van der Waals surface area contributed by atoms with Crippen molar-refractivity contribution in [3.05, 3.63) is 36.4 Å². The molecule has 7 heteroatoms. The molecule has 1 saturated heterocycles. The molecule has 7 nitrogen and oxygen atoms in total. The van der Waals surface area contributed by atoms with E-state index in [4.69, 9.17) is 18.6 Å². The number of hydrogen-bond donors (Lipinski definition) is 1. The van der Waals surface area contributed by atoms with Gasteiger partial charge in [0.05, 0.1) is 12.8 Å². The van der Waals surface area contributed by atoms with Crippen LogP contribution in [0.2, 0.25) is 0 Å². The van der Waals surface area contributed by atoms with Crippen LogP contribution in [-0.2, 0) is 19.1 Å². The van der Waals surface area contributed by atoms with Gasteiger partial charge in [0, 0.05) is 23.4 Å². The lowest BCUT2D eigenvalue weighted by Gasteiger charge is -2.17. The minimum Gasteiger partial charge on any atom is -0.495 e. The van der Waals surface area contributed by atoms with Crippen LogP contribution in [0.1, 0.15) is 19.8 Å². The number of ether oxygens (including phenoxy) is 3. The number of furan rings is 1. The van der Waals surface area contributed by atoms with Crippen LogP contribution >= 0.6 is 0 Å². The molecule has 1 fully saturated rings. The molecule has 0 spiro atoms. The standard InChI is InChI=1S/C21H21NO6/c1-12(27-21(24)17-8-5-9-26-17)20(23)22-15-11-18-14(10-19(15)25-2)13-6-3-4-7-16(13)28-18/h3-4,6-7,10-12,17H,5,8-9H2,1-2H3,(H,22,23)/t12-,17-/m0/s1. The number of para-hydroxylation sites is 1. The summed E-state index contributed by atoms with van der Waals surface area (Å²) in [5, 5.41) is 4.61. The molecule has 2 heterocycles. The summed E-state index contributed by atoms with van der Waals surface area (Å²) in [6.07, 6.45) is -0.122. The smallest absolute Gasteiger partial charge is 0.336 e. The van der Waals surface area contributed by atoms with E-state index in [1.54, 1.807) is 6.07 Å². The van der Waals surface area contributed by atoms with Crippen LogP contribution in [0, 0.1) is 0 Å². The van der Waals surface area contributed by atoms with Crippen molar-refractivity contribution in [1.82, 2.24) is 0 Å². The highest BCUT2D eigenvalue weighted by Gasteiger charge is 2.28. The Hall–Kier alpha value is -3.06. The third-order valence-electron chi connectivity index (χ3n) is 4.81. The van der Waals surface area contributed by atoms with Crippen molar-refractivity contribution in [3.8, 4) is 5.75 Å². The number of amides is 1. The van der Waals surface area contributed by atoms with Crippen LogP contribution in [0.4, 0.5) is 5.69 Å². The van der Waals surface area contributed by atoms with Crippen molar-refractivity contribution in [2.45, 2.75) is 32.0 Å². The lowest BCUT2D eigenvalue weighted by molar-refractivity contribution is -0.162. The van der Waals surface area contributed by atoms with Gasteiger partial charge in [0.2, 0.25) is 0 Å². The fourth-order valence-corrected chi connectivity index (χ4v) is 3.32. The van der Waals surface area contributed by atoms with Gasteiger partial charge in [-0.25, -0.2) is 4.79 Å². The molecule has 0 unspecified atom stereocenters. The highest BCUT2D eigenvalue weighted by atomic mass is 16.6. The number of carbonyl (C=O) groups is 2. The van der Waals surface area contributed by atoms with E-state index in [1.807, 2.05) is 30.3 Å². The molecule has 1 aliphatic heterocycles. The zero-order chi connectivity index (χ0) is 19.7. The minimum absolute atomic E-state index is 0.444. The SMILES string of the molecule is COc1cc2c(cc1NC(=O)[C@H](C)OC(=O)[C@@H]1CCCO1)oc1ccccc12. The summed E-state index contributed by atoms with van der Waals surface area (Å²) in [5.41, 5.74) is 1.82. The Labute approximate surface area is 161 Å². The van der Waals surface area contributed by atoms with Gasteiger partial charge in [-0.3, -0.25) is 4.79 Å². The monoisotopic (exact) mass is 383 g/mol. The molecule has 2 aromatic carbocycles. The number of nitrogens with one attached hydrogen (secondary N) is 1. The van der Waals surface area contributed by atoms with E-state index in [0.29, 0.717) is 30.0 Å². The Morgan fingerprint density at radius 2 is 2.00 bits per heavy atom. The highest BCUT2D eigenvalue weighted by molar-refractivity contribution is 6.08. The van der Waals surface area contributed by atoms with E-state index in [2.05, 4.69) is 5.32 Å². The third-order valence-corrected chi connectivity index (χ3v) is 4.81. The van der Waals surface area contributed by atoms with Crippen LogP contribution in [0.15, 0.2) is 40.8 Å². The van der Waals surface area contributed by atoms with Gasteiger partial charge in [-0.05, 0) is 31.9 Å². The summed E-state index contributed by atoms with van der Waals surface area (Å²) in [7, 11) is 1.53. The molecular weight excluding hydrogens is 362 g/mol. The van der Waals surface area contributed by atoms with Crippen molar-refractivity contribution < 1.29 is 28.2 Å². The van der Waals surface area contributed by atoms with E-state index < -0.39 is 24.1 Å². The second-order valence-electron chi connectivity index (χ2n) is 6.72. The van der Waals surface area contributed by atoms with E-state index in [-0.39, 0.29) is 0 Å². The summed E-state index contributed by atoms with van der Waals surface area (Å²) >= 11 is 0. The van der Waals surface area contributed by atoms with Crippen molar-refractivity contribution in [3.63, 3.8) is 0 Å². The summed E-state index contributed by atoms with van der Waals surface area (Å²) in [5.74, 6) is -0.481. The highest BCUT2D eigenvalue weighted by Crippen LogP contribution is 2.36. The number of esters is 1. The molecular formula is C21H21NO6. The molecule has 28 heavy (non-hydrogen) atoms.